The van der Waals surface area contributed by atoms with Crippen LogP contribution < -0.4 is 10.1 Å². The second-order valence-corrected chi connectivity index (χ2v) is 3.97. The van der Waals surface area contributed by atoms with Gasteiger partial charge in [-0.05, 0) is 18.6 Å². The Hall–Kier alpha value is -1.66. The third-order valence-corrected chi connectivity index (χ3v) is 2.35. The Labute approximate surface area is 111 Å². The summed E-state index contributed by atoms with van der Waals surface area (Å²) in [5, 5.41) is 11.9. The zero-order valence-electron chi connectivity index (χ0n) is 10.8. The summed E-state index contributed by atoms with van der Waals surface area (Å²) in [5.41, 5.74) is 0. The molecule has 19 heavy (non-hydrogen) atoms. The fourth-order valence-corrected chi connectivity index (χ4v) is 1.41. The maximum atomic E-state index is 13.2. The first-order valence-corrected chi connectivity index (χ1v) is 5.94. The number of halogens is 1. The van der Waals surface area contributed by atoms with Gasteiger partial charge in [0.25, 0.3) is 5.91 Å². The molecule has 0 fully saturated rings. The molecule has 0 spiro atoms. The SMILES string of the molecule is COCC(O)CCNC(=O)COc1ccccc1F. The lowest BCUT2D eigenvalue weighted by Crippen LogP contribution is -2.32. The highest BCUT2D eigenvalue weighted by Gasteiger charge is 2.07. The second-order valence-electron chi connectivity index (χ2n) is 3.97. The predicted molar refractivity (Wildman–Crippen MR) is 67.4 cm³/mol. The molecule has 0 radical (unpaired) electrons. The van der Waals surface area contributed by atoms with Gasteiger partial charge in [0.2, 0.25) is 0 Å². The van der Waals surface area contributed by atoms with Gasteiger partial charge in [-0.15, -0.1) is 0 Å². The molecule has 1 aromatic carbocycles. The Morgan fingerprint density at radius 3 is 2.89 bits per heavy atom. The lowest BCUT2D eigenvalue weighted by Gasteiger charge is -2.10. The van der Waals surface area contributed by atoms with Crippen molar-refractivity contribution in [2.24, 2.45) is 0 Å². The van der Waals surface area contributed by atoms with Crippen LogP contribution in [-0.4, -0.2) is 44.0 Å². The van der Waals surface area contributed by atoms with E-state index in [0.29, 0.717) is 13.0 Å². The molecule has 2 N–H and O–H groups in total. The number of aliphatic hydroxyl groups excluding tert-OH is 1. The van der Waals surface area contributed by atoms with Crippen LogP contribution in [-0.2, 0) is 9.53 Å². The lowest BCUT2D eigenvalue weighted by molar-refractivity contribution is -0.123. The Morgan fingerprint density at radius 2 is 2.21 bits per heavy atom. The molecule has 1 atom stereocenters. The molecule has 0 aliphatic heterocycles. The molecular weight excluding hydrogens is 253 g/mol. The largest absolute Gasteiger partial charge is 0.481 e. The number of rotatable bonds is 8. The fraction of sp³-hybridized carbons (Fsp3) is 0.462. The summed E-state index contributed by atoms with van der Waals surface area (Å²) < 4.78 is 23.0. The molecule has 1 amide bonds. The van der Waals surface area contributed by atoms with Crippen LogP contribution in [0.25, 0.3) is 0 Å². The van der Waals surface area contributed by atoms with Gasteiger partial charge < -0.3 is 19.9 Å². The minimum atomic E-state index is -0.613. The van der Waals surface area contributed by atoms with E-state index >= 15 is 0 Å². The molecule has 1 aromatic rings. The maximum absolute atomic E-state index is 13.2. The zero-order chi connectivity index (χ0) is 14.1. The van der Waals surface area contributed by atoms with Crippen LogP contribution in [0.15, 0.2) is 24.3 Å². The van der Waals surface area contributed by atoms with Gasteiger partial charge in [-0.2, -0.15) is 0 Å². The smallest absolute Gasteiger partial charge is 0.257 e. The summed E-state index contributed by atoms with van der Waals surface area (Å²) >= 11 is 0. The molecule has 106 valence electrons. The molecule has 1 unspecified atom stereocenters. The highest BCUT2D eigenvalue weighted by Crippen LogP contribution is 2.14. The van der Waals surface area contributed by atoms with E-state index in [1.165, 1.54) is 19.2 Å². The van der Waals surface area contributed by atoms with E-state index in [-0.39, 0.29) is 24.9 Å². The lowest BCUT2D eigenvalue weighted by atomic mass is 10.2. The van der Waals surface area contributed by atoms with E-state index in [4.69, 9.17) is 9.47 Å². The van der Waals surface area contributed by atoms with Gasteiger partial charge in [-0.1, -0.05) is 12.1 Å². The number of carbonyl (C=O) groups excluding carboxylic acids is 1. The van der Waals surface area contributed by atoms with Gasteiger partial charge in [0.05, 0.1) is 12.7 Å². The molecule has 5 nitrogen and oxygen atoms in total. The van der Waals surface area contributed by atoms with E-state index in [1.807, 2.05) is 0 Å². The number of hydrogen-bond donors (Lipinski definition) is 2. The summed E-state index contributed by atoms with van der Waals surface area (Å²) in [6, 6.07) is 5.87. The minimum absolute atomic E-state index is 0.0390. The van der Waals surface area contributed by atoms with Crippen LogP contribution in [0.3, 0.4) is 0 Å². The van der Waals surface area contributed by atoms with Gasteiger partial charge in [0.1, 0.15) is 0 Å². The fourth-order valence-electron chi connectivity index (χ4n) is 1.41. The summed E-state index contributed by atoms with van der Waals surface area (Å²) in [6.07, 6.45) is -0.225. The first-order valence-electron chi connectivity index (χ1n) is 5.94. The zero-order valence-corrected chi connectivity index (χ0v) is 10.8. The van der Waals surface area contributed by atoms with Crippen molar-refractivity contribution in [2.45, 2.75) is 12.5 Å². The first-order chi connectivity index (χ1) is 9.13. The predicted octanol–water partition coefficient (Wildman–Crippen LogP) is 0.718. The highest BCUT2D eigenvalue weighted by atomic mass is 19.1. The Balaban J connectivity index is 2.20. The van der Waals surface area contributed by atoms with Crippen molar-refractivity contribution >= 4 is 5.91 Å². The van der Waals surface area contributed by atoms with Crippen LogP contribution >= 0.6 is 0 Å². The summed E-state index contributed by atoms with van der Waals surface area (Å²) in [7, 11) is 1.49. The van der Waals surface area contributed by atoms with Gasteiger partial charge in [-0.25, -0.2) is 4.39 Å². The monoisotopic (exact) mass is 271 g/mol. The molecule has 0 saturated heterocycles. The number of amides is 1. The number of para-hydroxylation sites is 1. The third-order valence-electron chi connectivity index (χ3n) is 2.35. The van der Waals surface area contributed by atoms with Crippen LogP contribution in [0, 0.1) is 5.82 Å². The van der Waals surface area contributed by atoms with Crippen molar-refractivity contribution in [2.75, 3.05) is 26.9 Å². The van der Waals surface area contributed by atoms with Gasteiger partial charge in [0, 0.05) is 13.7 Å². The van der Waals surface area contributed by atoms with Gasteiger partial charge >= 0.3 is 0 Å². The molecule has 0 bridgehead atoms. The van der Waals surface area contributed by atoms with Crippen LogP contribution in [0.1, 0.15) is 6.42 Å². The van der Waals surface area contributed by atoms with E-state index < -0.39 is 11.9 Å². The number of hydrogen-bond acceptors (Lipinski definition) is 4. The van der Waals surface area contributed by atoms with Crippen LogP contribution in [0.2, 0.25) is 0 Å². The Bertz CT molecular complexity index is 400. The summed E-state index contributed by atoms with van der Waals surface area (Å²) in [5.74, 6) is -0.837. The number of nitrogens with one attached hydrogen (secondary N) is 1. The molecular formula is C13H18FNO4. The van der Waals surface area contributed by atoms with Crippen molar-refractivity contribution in [3.05, 3.63) is 30.1 Å². The topological polar surface area (TPSA) is 67.8 Å². The van der Waals surface area contributed by atoms with Crippen molar-refractivity contribution in [1.82, 2.24) is 5.32 Å². The summed E-state index contributed by atoms with van der Waals surface area (Å²) in [4.78, 5) is 11.4. The van der Waals surface area contributed by atoms with Crippen LogP contribution in [0.5, 0.6) is 5.75 Å². The highest BCUT2D eigenvalue weighted by molar-refractivity contribution is 5.77. The van der Waals surface area contributed by atoms with Crippen molar-refractivity contribution in [1.29, 1.82) is 0 Å². The standard InChI is InChI=1S/C13H18FNO4/c1-18-8-10(16)6-7-15-13(17)9-19-12-5-3-2-4-11(12)14/h2-5,10,16H,6-9H2,1H3,(H,15,17). The third kappa shape index (κ3) is 6.17. The second kappa shape index (κ2) is 8.44. The van der Waals surface area contributed by atoms with E-state index in [9.17, 15) is 14.3 Å². The Kier molecular flexibility index (Phi) is 6.84. The molecule has 0 aromatic heterocycles. The molecule has 6 heteroatoms. The Morgan fingerprint density at radius 1 is 1.47 bits per heavy atom. The van der Waals surface area contributed by atoms with Gasteiger partial charge in [0.15, 0.2) is 18.2 Å². The molecule has 1 rings (SSSR count). The molecule has 0 saturated carbocycles. The average molecular weight is 271 g/mol. The number of carbonyl (C=O) groups is 1. The number of methoxy groups -OCH3 is 1. The summed E-state index contributed by atoms with van der Waals surface area (Å²) in [6.45, 7) is 0.271. The number of benzene rings is 1. The molecule has 0 aliphatic rings. The molecule has 0 heterocycles. The molecule has 0 aliphatic carbocycles. The maximum Gasteiger partial charge on any atom is 0.257 e. The minimum Gasteiger partial charge on any atom is -0.481 e. The first kappa shape index (κ1) is 15.4. The number of ether oxygens (including phenoxy) is 2. The van der Waals surface area contributed by atoms with Crippen molar-refractivity contribution < 1.29 is 23.8 Å². The van der Waals surface area contributed by atoms with Crippen molar-refractivity contribution in [3.8, 4) is 5.75 Å². The normalized spacial score (nSPS) is 11.9. The van der Waals surface area contributed by atoms with E-state index in [2.05, 4.69) is 5.32 Å². The van der Waals surface area contributed by atoms with E-state index in [0.717, 1.165) is 0 Å². The van der Waals surface area contributed by atoms with Crippen LogP contribution in [0.4, 0.5) is 4.39 Å². The van der Waals surface area contributed by atoms with Gasteiger partial charge in [-0.3, -0.25) is 4.79 Å². The number of aliphatic hydroxyl groups is 1. The van der Waals surface area contributed by atoms with E-state index in [1.54, 1.807) is 12.1 Å². The quantitative estimate of drug-likeness (QED) is 0.731. The average Bonchev–Trinajstić information content (AvgIpc) is 2.38. The van der Waals surface area contributed by atoms with Crippen molar-refractivity contribution in [3.63, 3.8) is 0 Å².